The van der Waals surface area contributed by atoms with Crippen molar-refractivity contribution < 1.29 is 79.7 Å². The lowest BCUT2D eigenvalue weighted by Gasteiger charge is -2.10. The number of carbonyl (C=O) groups excluding carboxylic acids is 3. The Labute approximate surface area is 659 Å². The van der Waals surface area contributed by atoms with Gasteiger partial charge >= 0.3 is 5.97 Å². The van der Waals surface area contributed by atoms with E-state index in [0.29, 0.717) is 78.5 Å². The number of esters is 1. The molecule has 0 saturated heterocycles. The number of ether oxygens (including phenoxy) is 11. The van der Waals surface area contributed by atoms with E-state index < -0.39 is 12.4 Å². The molecular weight excluding hydrogens is 1470 g/mol. The lowest BCUT2D eigenvalue weighted by molar-refractivity contribution is 0.0527. The van der Waals surface area contributed by atoms with E-state index in [2.05, 4.69) is 12.1 Å². The second-order valence-corrected chi connectivity index (χ2v) is 26.1. The molecule has 0 radical (unpaired) electrons. The molecule has 21 nitrogen and oxygen atoms in total. The Bertz CT molecular complexity index is 6190. The van der Waals surface area contributed by atoms with Crippen molar-refractivity contribution in [3.63, 3.8) is 0 Å². The minimum Gasteiger partial charge on any atom is -0.497 e. The molecule has 0 unspecified atom stereocenters. The van der Waals surface area contributed by atoms with Crippen molar-refractivity contribution in [3.05, 3.63) is 275 Å². The fourth-order valence-electron chi connectivity index (χ4n) is 13.8. The van der Waals surface area contributed by atoms with E-state index in [1.807, 2.05) is 213 Å². The quantitative estimate of drug-likeness (QED) is 0.0575. The fraction of sp³-hybridized carbons (Fsp3) is 0.176. The van der Waals surface area contributed by atoms with Crippen LogP contribution >= 0.6 is 0 Å². The van der Waals surface area contributed by atoms with Crippen LogP contribution in [0.25, 0.3) is 77.3 Å². The van der Waals surface area contributed by atoms with E-state index in [0.717, 1.165) is 107 Å². The van der Waals surface area contributed by atoms with Gasteiger partial charge in [-0.15, -0.1) is 0 Å². The highest BCUT2D eigenvalue weighted by Gasteiger charge is 2.26. The Kier molecular flexibility index (Phi) is 23.8. The Balaban J connectivity index is 0.000000127. The Morgan fingerprint density at radius 3 is 1.31 bits per heavy atom. The number of Topliss-reactive ketones (excluding diaryl/α,β-unsaturated/α-hetero) is 1. The number of aromatic nitrogens is 5. The number of aryl methyl sites for hydroxylation is 1. The molecule has 582 valence electrons. The number of fused-ring (bicyclic) bond motifs is 7. The molecule has 24 heteroatoms. The van der Waals surface area contributed by atoms with E-state index >= 15 is 0 Å². The number of ketones is 2. The first kappa shape index (κ1) is 78.6. The minimum absolute atomic E-state index is 0.0439. The van der Waals surface area contributed by atoms with Crippen LogP contribution in [0.15, 0.2) is 225 Å². The molecule has 0 spiro atoms. The van der Waals surface area contributed by atoms with Crippen molar-refractivity contribution >= 4 is 72.1 Å². The fourth-order valence-corrected chi connectivity index (χ4v) is 13.8. The summed E-state index contributed by atoms with van der Waals surface area (Å²) in [4.78, 5) is 37.5. The van der Waals surface area contributed by atoms with Crippen molar-refractivity contribution in [3.8, 4) is 92.4 Å². The van der Waals surface area contributed by atoms with Gasteiger partial charge in [0.2, 0.25) is 20.0 Å². The van der Waals surface area contributed by atoms with Gasteiger partial charge < -0.3 is 74.9 Å². The van der Waals surface area contributed by atoms with Gasteiger partial charge in [0.25, 0.3) is 0 Å². The topological polar surface area (TPSA) is 225 Å². The number of hydrogen-bond donors (Lipinski definition) is 0. The van der Waals surface area contributed by atoms with Gasteiger partial charge in [-0.3, -0.25) is 9.59 Å². The van der Waals surface area contributed by atoms with Gasteiger partial charge in [0.05, 0.1) is 93.5 Å². The monoisotopic (exact) mass is 1550 g/mol. The van der Waals surface area contributed by atoms with Crippen molar-refractivity contribution in [2.45, 2.75) is 47.1 Å². The third-order valence-corrected chi connectivity index (χ3v) is 19.5. The van der Waals surface area contributed by atoms with Gasteiger partial charge in [-0.25, -0.2) is 18.0 Å². The molecule has 0 atom stereocenters. The lowest BCUT2D eigenvalue weighted by Crippen LogP contribution is -2.07. The molecule has 0 saturated carbocycles. The van der Waals surface area contributed by atoms with Crippen LogP contribution in [-0.2, 0) is 17.7 Å². The van der Waals surface area contributed by atoms with E-state index in [1.54, 1.807) is 80.9 Å². The normalized spacial score (nSPS) is 11.5. The molecular formula is C91H78F3N7O14. The summed E-state index contributed by atoms with van der Waals surface area (Å²) in [7, 11) is 9.71. The molecule has 0 fully saturated rings. The zero-order chi connectivity index (χ0) is 81.1. The second-order valence-electron chi connectivity index (χ2n) is 26.1. The standard InChI is InChI=1S/C23H18FNO3.C21H21F2NO3.C18H17NO3.C17H12N2O3.C12H10N2O2/c1-27-18-9-7-17(8-10-18)25-14-21(20-12-11-19(28-2)13-22(20)25)23(26)15-3-5-16(24)6-4-15;1-4-27-21(25)20-13(2)24(15-6-8-16(26-3)9-7-15)18-11-14(12-19(22)23)5-10-17(18)20;1-12(20)17-11-19(13-4-6-14(21-2)7-5-13)18-10-15(22-3)8-9-16(17)18;1-20-13-4-2-12(3-5-13)19-9-11(8-18)14-6-16-17(7-15(14)19)22-10-21-16;1-2-14-6-8(5-13)9-3-11-12(4-10(9)14)16-7-15-11/h3-14H,1-2H3;5-11,19H,4,12H2,1-3H3;4-11H,1-3H3;2-7,9H,10H2,1H3;3-4,6H,2,7H2,1H3. The van der Waals surface area contributed by atoms with Crippen LogP contribution in [0.3, 0.4) is 0 Å². The Morgan fingerprint density at radius 2 is 0.861 bits per heavy atom. The van der Waals surface area contributed by atoms with Gasteiger partial charge in [0.1, 0.15) is 52.5 Å². The molecule has 115 heavy (non-hydrogen) atoms. The van der Waals surface area contributed by atoms with Crippen LogP contribution in [0.2, 0.25) is 0 Å². The first-order valence-electron chi connectivity index (χ1n) is 36.4. The lowest BCUT2D eigenvalue weighted by atomic mass is 10.0. The average molecular weight is 1550 g/mol. The van der Waals surface area contributed by atoms with Crippen LogP contribution in [0.4, 0.5) is 13.2 Å². The summed E-state index contributed by atoms with van der Waals surface area (Å²) in [6.45, 7) is 8.76. The first-order valence-corrected chi connectivity index (χ1v) is 36.4. The second kappa shape index (κ2) is 34.8. The largest absolute Gasteiger partial charge is 0.497 e. The number of rotatable bonds is 18. The summed E-state index contributed by atoms with van der Waals surface area (Å²) >= 11 is 0. The third kappa shape index (κ3) is 16.5. The number of carbonyl (C=O) groups is 3. The van der Waals surface area contributed by atoms with Crippen LogP contribution in [0.1, 0.15) is 79.8 Å². The molecule has 7 heterocycles. The summed E-state index contributed by atoms with van der Waals surface area (Å²) in [6, 6.07) is 64.2. The smallest absolute Gasteiger partial charge is 0.340 e. The van der Waals surface area contributed by atoms with Gasteiger partial charge in [0, 0.05) is 134 Å². The first-order chi connectivity index (χ1) is 55.8. The number of benzene rings is 10. The predicted molar refractivity (Wildman–Crippen MR) is 432 cm³/mol. The van der Waals surface area contributed by atoms with E-state index in [1.165, 1.54) is 24.3 Å². The number of alkyl halides is 2. The summed E-state index contributed by atoms with van der Waals surface area (Å²) in [5.74, 6) is 6.43. The van der Waals surface area contributed by atoms with E-state index in [-0.39, 0.29) is 44.0 Å². The van der Waals surface area contributed by atoms with Gasteiger partial charge in [-0.2, -0.15) is 10.5 Å². The molecule has 17 rings (SSSR count). The van der Waals surface area contributed by atoms with Crippen LogP contribution < -0.4 is 47.4 Å². The molecule has 10 aromatic carbocycles. The summed E-state index contributed by atoms with van der Waals surface area (Å²) < 4.78 is 107. The Hall–Kier alpha value is -14.5. The number of methoxy groups -OCH3 is 6. The van der Waals surface area contributed by atoms with Crippen molar-refractivity contribution in [1.82, 2.24) is 22.8 Å². The summed E-state index contributed by atoms with van der Waals surface area (Å²) in [5, 5.41) is 22.6. The Morgan fingerprint density at radius 1 is 0.452 bits per heavy atom. The molecule has 2 aliphatic rings. The van der Waals surface area contributed by atoms with Crippen molar-refractivity contribution in [2.24, 2.45) is 0 Å². The van der Waals surface area contributed by atoms with Crippen LogP contribution in [0, 0.1) is 35.4 Å². The maximum atomic E-state index is 13.2. The molecule has 0 aliphatic carbocycles. The zero-order valence-corrected chi connectivity index (χ0v) is 64.5. The van der Waals surface area contributed by atoms with Crippen LogP contribution in [0.5, 0.6) is 57.5 Å². The molecule has 15 aromatic rings. The number of halogens is 3. The minimum atomic E-state index is -2.43. The maximum Gasteiger partial charge on any atom is 0.340 e. The van der Waals surface area contributed by atoms with Gasteiger partial charge in [-0.1, -0.05) is 12.1 Å². The SMILES string of the molecule is CCOC(=O)c1c(C)n(-c2ccc(OC)cc2)c2cc(CC(F)F)ccc12.CCn1cc(C#N)c2cc3c(cc21)OCO3.COc1ccc(-n2cc(C#N)c3cc4c(cc32)OCO4)cc1.COc1ccc(-n2cc(C(=O)c3ccc(F)cc3)c3ccc(OC)cc32)cc1.COc1ccc(-n2cc(C(C)=O)c3ccc(OC)cc32)cc1. The zero-order valence-electron chi connectivity index (χ0n) is 64.5. The van der Waals surface area contributed by atoms with E-state index in [4.69, 9.17) is 57.4 Å². The molecule has 0 N–H and O–H groups in total. The number of hydrogen-bond acceptors (Lipinski definition) is 16. The van der Waals surface area contributed by atoms with Gasteiger partial charge in [-0.05, 0) is 197 Å². The predicted octanol–water partition coefficient (Wildman–Crippen LogP) is 19.3. The highest BCUT2D eigenvalue weighted by molar-refractivity contribution is 6.17. The summed E-state index contributed by atoms with van der Waals surface area (Å²) in [6.07, 6.45) is 4.59. The van der Waals surface area contributed by atoms with Crippen molar-refractivity contribution in [2.75, 3.05) is 62.9 Å². The molecule has 5 aromatic heterocycles. The highest BCUT2D eigenvalue weighted by Crippen LogP contribution is 2.41. The third-order valence-electron chi connectivity index (χ3n) is 19.5. The molecule has 0 amide bonds. The number of nitrogens with zero attached hydrogens (tertiary/aromatic N) is 7. The molecule has 2 aliphatic heterocycles. The number of nitriles is 2. The van der Waals surface area contributed by atoms with Crippen molar-refractivity contribution in [1.29, 1.82) is 10.5 Å². The van der Waals surface area contributed by atoms with Crippen LogP contribution in [-0.4, -0.2) is 110 Å². The van der Waals surface area contributed by atoms with E-state index in [9.17, 15) is 32.8 Å². The summed E-state index contributed by atoms with van der Waals surface area (Å²) in [5.41, 5.74) is 12.6. The average Bonchev–Trinajstić information content (AvgIpc) is 1.59. The highest BCUT2D eigenvalue weighted by atomic mass is 19.3. The maximum absolute atomic E-state index is 13.2. The molecule has 0 bridgehead atoms. The van der Waals surface area contributed by atoms with Gasteiger partial charge in [0.15, 0.2) is 34.6 Å².